The van der Waals surface area contributed by atoms with Crippen LogP contribution >= 0.6 is 0 Å². The monoisotopic (exact) mass is 307 g/mol. The van der Waals surface area contributed by atoms with E-state index in [2.05, 4.69) is 14.8 Å². The van der Waals surface area contributed by atoms with Crippen molar-refractivity contribution in [1.29, 1.82) is 0 Å². The molecule has 2 aromatic carbocycles. The number of para-hydroxylation sites is 1. The third kappa shape index (κ3) is 2.52. The summed E-state index contributed by atoms with van der Waals surface area (Å²) in [5.41, 5.74) is 0.830. The molecule has 0 saturated heterocycles. The zero-order chi connectivity index (χ0) is 15.9. The van der Waals surface area contributed by atoms with Crippen LogP contribution in [-0.2, 0) is 0 Å². The van der Waals surface area contributed by atoms with Crippen LogP contribution in [0.2, 0.25) is 0 Å². The predicted molar refractivity (Wildman–Crippen MR) is 73.4 cm³/mol. The summed E-state index contributed by atoms with van der Waals surface area (Å²) in [6, 6.07) is 8.65. The molecule has 7 heteroatoms. The smallest absolute Gasteiger partial charge is 0.507 e. The molecule has 1 amide bonds. The second-order valence-electron chi connectivity index (χ2n) is 4.78. The number of rotatable bonds is 2. The molecule has 0 atom stereocenters. The van der Waals surface area contributed by atoms with Crippen molar-refractivity contribution in [2.45, 2.75) is 13.2 Å². The number of anilines is 1. The highest BCUT2D eigenvalue weighted by atomic mass is 19.3. The van der Waals surface area contributed by atoms with Crippen molar-refractivity contribution >= 4 is 11.6 Å². The molecule has 0 aliphatic carbocycles. The fourth-order valence-electron chi connectivity index (χ4n) is 2.09. The average molecular weight is 307 g/mol. The van der Waals surface area contributed by atoms with Crippen LogP contribution in [0.25, 0.3) is 0 Å². The summed E-state index contributed by atoms with van der Waals surface area (Å²) in [7, 11) is 0. The molecule has 2 aromatic rings. The third-order valence-electron chi connectivity index (χ3n) is 3.07. The van der Waals surface area contributed by atoms with E-state index in [4.69, 9.17) is 0 Å². The second-order valence-corrected chi connectivity index (χ2v) is 4.78. The van der Waals surface area contributed by atoms with Gasteiger partial charge in [-0.1, -0.05) is 17.7 Å². The number of phenols is 1. The van der Waals surface area contributed by atoms with Gasteiger partial charge in [-0.25, -0.2) is 0 Å². The average Bonchev–Trinajstić information content (AvgIpc) is 2.76. The van der Waals surface area contributed by atoms with Crippen LogP contribution < -0.4 is 14.8 Å². The Balaban J connectivity index is 1.91. The fourth-order valence-corrected chi connectivity index (χ4v) is 2.09. The fraction of sp³-hybridized carbons (Fsp3) is 0.133. The molecule has 0 bridgehead atoms. The van der Waals surface area contributed by atoms with Gasteiger partial charge in [-0.15, -0.1) is 8.78 Å². The first kappa shape index (κ1) is 14.1. The van der Waals surface area contributed by atoms with Gasteiger partial charge in [0.15, 0.2) is 11.5 Å². The molecule has 3 rings (SSSR count). The van der Waals surface area contributed by atoms with Crippen molar-refractivity contribution < 1.29 is 28.2 Å². The lowest BCUT2D eigenvalue weighted by Crippen LogP contribution is -2.26. The highest BCUT2D eigenvalue weighted by Crippen LogP contribution is 2.45. The molecule has 0 fully saturated rings. The van der Waals surface area contributed by atoms with Gasteiger partial charge in [-0.05, 0) is 31.2 Å². The molecule has 114 valence electrons. The molecule has 0 radical (unpaired) electrons. The molecule has 1 heterocycles. The van der Waals surface area contributed by atoms with E-state index in [9.17, 15) is 18.7 Å². The summed E-state index contributed by atoms with van der Waals surface area (Å²) in [5, 5.41) is 12.2. The van der Waals surface area contributed by atoms with Gasteiger partial charge >= 0.3 is 6.29 Å². The number of aromatic hydroxyl groups is 1. The van der Waals surface area contributed by atoms with Crippen LogP contribution in [-0.4, -0.2) is 17.3 Å². The molecule has 0 unspecified atom stereocenters. The maximum Gasteiger partial charge on any atom is 0.586 e. The zero-order valence-corrected chi connectivity index (χ0v) is 11.4. The minimum atomic E-state index is -3.77. The number of alkyl halides is 2. The van der Waals surface area contributed by atoms with E-state index in [1.54, 1.807) is 13.0 Å². The lowest BCUT2D eigenvalue weighted by atomic mass is 10.1. The van der Waals surface area contributed by atoms with Gasteiger partial charge in [0.2, 0.25) is 0 Å². The maximum absolute atomic E-state index is 13.1. The number of hydrogen-bond donors (Lipinski definition) is 2. The Kier molecular flexibility index (Phi) is 3.13. The predicted octanol–water partition coefficient (Wildman–Crippen LogP) is 3.27. The Hall–Kier alpha value is -2.83. The van der Waals surface area contributed by atoms with Gasteiger partial charge in [0.05, 0.1) is 11.3 Å². The minimum Gasteiger partial charge on any atom is -0.507 e. The summed E-state index contributed by atoms with van der Waals surface area (Å²) >= 11 is 0. The van der Waals surface area contributed by atoms with Gasteiger partial charge in [0, 0.05) is 0 Å². The number of fused-ring (bicyclic) bond motifs is 1. The quantitative estimate of drug-likeness (QED) is 0.893. The first-order valence-electron chi connectivity index (χ1n) is 6.35. The molecular weight excluding hydrogens is 296 g/mol. The summed E-state index contributed by atoms with van der Waals surface area (Å²) in [5.74, 6) is -1.28. The van der Waals surface area contributed by atoms with E-state index in [-0.39, 0.29) is 28.5 Å². The van der Waals surface area contributed by atoms with Crippen LogP contribution in [0.5, 0.6) is 17.2 Å². The standard InChI is InChI=1S/C15H11F2NO4/c1-8-5-6-11(19)9(7-8)14(20)18-10-3-2-4-12-13(10)22-15(16,17)21-12/h2-7,19H,1H3,(H,18,20). The summed E-state index contributed by atoms with van der Waals surface area (Å²) < 4.78 is 34.9. The van der Waals surface area contributed by atoms with Crippen molar-refractivity contribution in [1.82, 2.24) is 0 Å². The van der Waals surface area contributed by atoms with Gasteiger partial charge in [0.1, 0.15) is 5.75 Å². The van der Waals surface area contributed by atoms with Crippen LogP contribution in [0.1, 0.15) is 15.9 Å². The normalized spacial score (nSPS) is 14.7. The number of halogens is 2. The van der Waals surface area contributed by atoms with Crippen molar-refractivity contribution in [2.24, 2.45) is 0 Å². The van der Waals surface area contributed by atoms with E-state index < -0.39 is 12.2 Å². The van der Waals surface area contributed by atoms with E-state index in [1.807, 2.05) is 0 Å². The van der Waals surface area contributed by atoms with Crippen molar-refractivity contribution in [3.05, 3.63) is 47.5 Å². The van der Waals surface area contributed by atoms with Crippen LogP contribution in [0.3, 0.4) is 0 Å². The second kappa shape index (κ2) is 4.87. The molecule has 1 aliphatic heterocycles. The number of aryl methyl sites for hydroxylation is 1. The van der Waals surface area contributed by atoms with Crippen LogP contribution in [0.15, 0.2) is 36.4 Å². The minimum absolute atomic E-state index is 0.0283. The Morgan fingerprint density at radius 1 is 1.23 bits per heavy atom. The Morgan fingerprint density at radius 3 is 2.77 bits per heavy atom. The van der Waals surface area contributed by atoms with E-state index in [1.165, 1.54) is 30.3 Å². The first-order valence-corrected chi connectivity index (χ1v) is 6.35. The van der Waals surface area contributed by atoms with Gasteiger partial charge < -0.3 is 19.9 Å². The highest BCUT2D eigenvalue weighted by Gasteiger charge is 2.44. The van der Waals surface area contributed by atoms with Crippen LogP contribution in [0.4, 0.5) is 14.5 Å². The molecule has 2 N–H and O–H groups in total. The highest BCUT2D eigenvalue weighted by molar-refractivity contribution is 6.07. The Labute approximate surface area is 124 Å². The summed E-state index contributed by atoms with van der Waals surface area (Å²) in [6.07, 6.45) is -3.77. The van der Waals surface area contributed by atoms with E-state index in [0.717, 1.165) is 5.56 Å². The Morgan fingerprint density at radius 2 is 2.00 bits per heavy atom. The number of hydrogen-bond acceptors (Lipinski definition) is 4. The molecule has 0 saturated carbocycles. The van der Waals surface area contributed by atoms with Crippen molar-refractivity contribution in [3.8, 4) is 17.2 Å². The number of nitrogens with one attached hydrogen (secondary N) is 1. The lowest BCUT2D eigenvalue weighted by molar-refractivity contribution is -0.286. The molecular formula is C15H11F2NO4. The zero-order valence-electron chi connectivity index (χ0n) is 11.4. The largest absolute Gasteiger partial charge is 0.586 e. The maximum atomic E-state index is 13.1. The topological polar surface area (TPSA) is 67.8 Å². The first-order chi connectivity index (χ1) is 10.4. The molecule has 22 heavy (non-hydrogen) atoms. The van der Waals surface area contributed by atoms with E-state index >= 15 is 0 Å². The van der Waals surface area contributed by atoms with Gasteiger partial charge in [-0.2, -0.15) is 0 Å². The van der Waals surface area contributed by atoms with Crippen molar-refractivity contribution in [2.75, 3.05) is 5.32 Å². The Bertz CT molecular complexity index is 761. The number of carbonyl (C=O) groups excluding carboxylic acids is 1. The number of amides is 1. The third-order valence-corrected chi connectivity index (χ3v) is 3.07. The number of phenolic OH excluding ortho intramolecular Hbond substituents is 1. The van der Waals surface area contributed by atoms with Gasteiger partial charge in [-0.3, -0.25) is 4.79 Å². The van der Waals surface area contributed by atoms with Crippen molar-refractivity contribution in [3.63, 3.8) is 0 Å². The molecule has 0 aromatic heterocycles. The van der Waals surface area contributed by atoms with E-state index in [0.29, 0.717) is 0 Å². The SMILES string of the molecule is Cc1ccc(O)c(C(=O)Nc2cccc3c2OC(F)(F)O3)c1. The molecule has 5 nitrogen and oxygen atoms in total. The number of ether oxygens (including phenoxy) is 2. The summed E-state index contributed by atoms with van der Waals surface area (Å²) in [6.45, 7) is 1.76. The van der Waals surface area contributed by atoms with Gasteiger partial charge in [0.25, 0.3) is 5.91 Å². The summed E-state index contributed by atoms with van der Waals surface area (Å²) in [4.78, 5) is 12.2. The molecule has 0 spiro atoms. The number of carbonyl (C=O) groups is 1. The molecule has 1 aliphatic rings. The number of benzene rings is 2. The lowest BCUT2D eigenvalue weighted by Gasteiger charge is -2.10. The van der Waals surface area contributed by atoms with Crippen LogP contribution in [0, 0.1) is 6.92 Å².